The molecule has 1 aliphatic heterocycles. The second-order valence-corrected chi connectivity index (χ2v) is 7.55. The SMILES string of the molecule is CCCOCCN1CC(CC(C)C)NCC12CCCCC2. The summed E-state index contributed by atoms with van der Waals surface area (Å²) in [5.41, 5.74) is 0.432. The van der Waals surface area contributed by atoms with Crippen molar-refractivity contribution in [1.82, 2.24) is 10.2 Å². The minimum Gasteiger partial charge on any atom is -0.380 e. The zero-order chi connectivity index (χ0) is 15.1. The van der Waals surface area contributed by atoms with E-state index in [2.05, 4.69) is 31.0 Å². The van der Waals surface area contributed by atoms with E-state index in [4.69, 9.17) is 4.74 Å². The number of nitrogens with one attached hydrogen (secondary N) is 1. The molecule has 0 amide bonds. The molecular formula is C18H36N2O. The normalized spacial score (nSPS) is 26.6. The van der Waals surface area contributed by atoms with Crippen molar-refractivity contribution in [2.75, 3.05) is 32.8 Å². The fourth-order valence-corrected chi connectivity index (χ4v) is 4.15. The molecule has 1 heterocycles. The Bertz CT molecular complexity index is 287. The van der Waals surface area contributed by atoms with E-state index < -0.39 is 0 Å². The zero-order valence-electron chi connectivity index (χ0n) is 14.5. The first-order valence-electron chi connectivity index (χ1n) is 9.22. The highest BCUT2D eigenvalue weighted by Gasteiger charge is 2.41. The predicted octanol–water partition coefficient (Wildman–Crippen LogP) is 3.44. The molecule has 3 heteroatoms. The number of hydrogen-bond donors (Lipinski definition) is 1. The highest BCUT2D eigenvalue weighted by Crippen LogP contribution is 2.35. The maximum Gasteiger partial charge on any atom is 0.0593 e. The summed E-state index contributed by atoms with van der Waals surface area (Å²) in [5.74, 6) is 0.779. The predicted molar refractivity (Wildman–Crippen MR) is 89.7 cm³/mol. The molecule has 124 valence electrons. The van der Waals surface area contributed by atoms with Crippen LogP contribution in [0.5, 0.6) is 0 Å². The van der Waals surface area contributed by atoms with Crippen molar-refractivity contribution in [3.8, 4) is 0 Å². The molecule has 1 spiro atoms. The largest absolute Gasteiger partial charge is 0.380 e. The molecule has 2 aliphatic rings. The van der Waals surface area contributed by atoms with E-state index in [1.807, 2.05) is 0 Å². The van der Waals surface area contributed by atoms with Gasteiger partial charge >= 0.3 is 0 Å². The van der Waals surface area contributed by atoms with Gasteiger partial charge in [0.15, 0.2) is 0 Å². The van der Waals surface area contributed by atoms with Gasteiger partial charge in [-0.05, 0) is 31.6 Å². The van der Waals surface area contributed by atoms with Gasteiger partial charge in [0.1, 0.15) is 0 Å². The summed E-state index contributed by atoms with van der Waals surface area (Å²) in [6, 6.07) is 0.670. The highest BCUT2D eigenvalue weighted by molar-refractivity contribution is 5.00. The molecule has 1 aliphatic carbocycles. The Morgan fingerprint density at radius 1 is 1.19 bits per heavy atom. The van der Waals surface area contributed by atoms with Gasteiger partial charge in [0.2, 0.25) is 0 Å². The molecule has 0 aromatic carbocycles. The molecule has 21 heavy (non-hydrogen) atoms. The van der Waals surface area contributed by atoms with E-state index in [9.17, 15) is 0 Å². The van der Waals surface area contributed by atoms with Crippen molar-refractivity contribution < 1.29 is 4.74 Å². The van der Waals surface area contributed by atoms with Gasteiger partial charge in [0, 0.05) is 37.8 Å². The summed E-state index contributed by atoms with van der Waals surface area (Å²) in [4.78, 5) is 2.78. The minimum absolute atomic E-state index is 0.432. The third-order valence-corrected chi connectivity index (χ3v) is 5.23. The van der Waals surface area contributed by atoms with E-state index in [0.717, 1.165) is 32.1 Å². The Morgan fingerprint density at radius 3 is 2.62 bits per heavy atom. The van der Waals surface area contributed by atoms with Crippen LogP contribution in [0.4, 0.5) is 0 Å². The molecule has 0 radical (unpaired) electrons. The molecule has 2 rings (SSSR count). The average Bonchev–Trinajstić information content (AvgIpc) is 2.47. The van der Waals surface area contributed by atoms with E-state index in [1.54, 1.807) is 0 Å². The highest BCUT2D eigenvalue weighted by atomic mass is 16.5. The topological polar surface area (TPSA) is 24.5 Å². The van der Waals surface area contributed by atoms with Gasteiger partial charge < -0.3 is 10.1 Å². The number of hydrogen-bond acceptors (Lipinski definition) is 3. The summed E-state index contributed by atoms with van der Waals surface area (Å²) in [6.07, 6.45) is 9.42. The van der Waals surface area contributed by atoms with Crippen LogP contribution in [0.3, 0.4) is 0 Å². The molecule has 2 fully saturated rings. The number of rotatable bonds is 7. The zero-order valence-corrected chi connectivity index (χ0v) is 14.5. The molecule has 1 saturated heterocycles. The minimum atomic E-state index is 0.432. The Morgan fingerprint density at radius 2 is 1.95 bits per heavy atom. The molecular weight excluding hydrogens is 260 g/mol. The Kier molecular flexibility index (Phi) is 6.97. The lowest BCUT2D eigenvalue weighted by Crippen LogP contribution is -2.65. The van der Waals surface area contributed by atoms with Crippen molar-refractivity contribution in [1.29, 1.82) is 0 Å². The van der Waals surface area contributed by atoms with Crippen LogP contribution in [0.1, 0.15) is 65.7 Å². The first-order chi connectivity index (χ1) is 10.2. The van der Waals surface area contributed by atoms with Crippen molar-refractivity contribution in [3.63, 3.8) is 0 Å². The van der Waals surface area contributed by atoms with Gasteiger partial charge in [-0.1, -0.05) is 40.0 Å². The quantitative estimate of drug-likeness (QED) is 0.728. The average molecular weight is 296 g/mol. The third-order valence-electron chi connectivity index (χ3n) is 5.23. The van der Waals surface area contributed by atoms with E-state index >= 15 is 0 Å². The second-order valence-electron chi connectivity index (χ2n) is 7.55. The maximum atomic E-state index is 5.77. The first-order valence-corrected chi connectivity index (χ1v) is 9.22. The summed E-state index contributed by atoms with van der Waals surface area (Å²) >= 11 is 0. The molecule has 0 aromatic rings. The standard InChI is InChI=1S/C18H36N2O/c1-4-11-21-12-10-20-14-17(13-16(2)3)19-15-18(20)8-6-5-7-9-18/h16-17,19H,4-15H2,1-3H3. The molecule has 1 atom stereocenters. The maximum absolute atomic E-state index is 5.77. The smallest absolute Gasteiger partial charge is 0.0593 e. The lowest BCUT2D eigenvalue weighted by molar-refractivity contribution is -0.0139. The van der Waals surface area contributed by atoms with Crippen molar-refractivity contribution in [2.24, 2.45) is 5.92 Å². The van der Waals surface area contributed by atoms with Crippen LogP contribution in [0, 0.1) is 5.92 Å². The van der Waals surface area contributed by atoms with Crippen LogP contribution in [0.25, 0.3) is 0 Å². The molecule has 3 nitrogen and oxygen atoms in total. The van der Waals surface area contributed by atoms with Crippen LogP contribution >= 0.6 is 0 Å². The van der Waals surface area contributed by atoms with Crippen molar-refractivity contribution >= 4 is 0 Å². The lowest BCUT2D eigenvalue weighted by atomic mass is 9.78. The fraction of sp³-hybridized carbons (Fsp3) is 1.00. The molecule has 1 unspecified atom stereocenters. The van der Waals surface area contributed by atoms with E-state index in [-0.39, 0.29) is 0 Å². The van der Waals surface area contributed by atoms with Crippen LogP contribution in [0.15, 0.2) is 0 Å². The molecule has 0 bridgehead atoms. The summed E-state index contributed by atoms with van der Waals surface area (Å²) < 4.78 is 5.77. The van der Waals surface area contributed by atoms with Crippen LogP contribution in [-0.4, -0.2) is 49.3 Å². The van der Waals surface area contributed by atoms with Gasteiger partial charge in [-0.3, -0.25) is 4.90 Å². The molecule has 1 saturated carbocycles. The van der Waals surface area contributed by atoms with Gasteiger partial charge in [-0.2, -0.15) is 0 Å². The monoisotopic (exact) mass is 296 g/mol. The molecule has 0 aromatic heterocycles. The second kappa shape index (κ2) is 8.50. The van der Waals surface area contributed by atoms with Crippen molar-refractivity contribution in [3.05, 3.63) is 0 Å². The Labute approximate surface area is 131 Å². The fourth-order valence-electron chi connectivity index (χ4n) is 4.15. The van der Waals surface area contributed by atoms with E-state index in [0.29, 0.717) is 11.6 Å². The number of ether oxygens (including phenoxy) is 1. The van der Waals surface area contributed by atoms with Crippen molar-refractivity contribution in [2.45, 2.75) is 77.3 Å². The molecule has 1 N–H and O–H groups in total. The summed E-state index contributed by atoms with van der Waals surface area (Å²) in [7, 11) is 0. The third kappa shape index (κ3) is 4.94. The summed E-state index contributed by atoms with van der Waals surface area (Å²) in [5, 5.41) is 3.86. The van der Waals surface area contributed by atoms with Crippen LogP contribution in [0.2, 0.25) is 0 Å². The Balaban J connectivity index is 1.92. The van der Waals surface area contributed by atoms with Crippen LogP contribution < -0.4 is 5.32 Å². The van der Waals surface area contributed by atoms with Gasteiger partial charge in [0.05, 0.1) is 6.61 Å². The summed E-state index contributed by atoms with van der Waals surface area (Å²) in [6.45, 7) is 12.2. The Hall–Kier alpha value is -0.120. The lowest BCUT2D eigenvalue weighted by Gasteiger charge is -2.52. The van der Waals surface area contributed by atoms with Gasteiger partial charge in [-0.25, -0.2) is 0 Å². The number of nitrogens with zero attached hydrogens (tertiary/aromatic N) is 1. The van der Waals surface area contributed by atoms with Crippen LogP contribution in [-0.2, 0) is 4.74 Å². The number of piperazine rings is 1. The van der Waals surface area contributed by atoms with Gasteiger partial charge in [-0.15, -0.1) is 0 Å². The van der Waals surface area contributed by atoms with Gasteiger partial charge in [0.25, 0.3) is 0 Å². The first kappa shape index (κ1) is 17.2. The van der Waals surface area contributed by atoms with E-state index in [1.165, 1.54) is 51.6 Å².